The van der Waals surface area contributed by atoms with E-state index in [4.69, 9.17) is 11.6 Å². The maximum absolute atomic E-state index is 11.9. The number of benzene rings is 1. The summed E-state index contributed by atoms with van der Waals surface area (Å²) in [7, 11) is 0. The van der Waals surface area contributed by atoms with E-state index in [9.17, 15) is 14.4 Å². The Morgan fingerprint density at radius 3 is 2.68 bits per heavy atom. The van der Waals surface area contributed by atoms with Gasteiger partial charge in [-0.2, -0.15) is 0 Å². The minimum Gasteiger partial charge on any atom is -0.297 e. The highest BCUT2D eigenvalue weighted by atomic mass is 35.5. The van der Waals surface area contributed by atoms with E-state index in [-0.39, 0.29) is 18.2 Å². The number of carbonyl (C=O) groups excluding carboxylic acids is 3. The summed E-state index contributed by atoms with van der Waals surface area (Å²) in [5.41, 5.74) is 0.741. The van der Waals surface area contributed by atoms with E-state index in [2.05, 4.69) is 0 Å². The Morgan fingerprint density at radius 2 is 2.05 bits per heavy atom. The number of hydrogen-bond acceptors (Lipinski definition) is 3. The van der Waals surface area contributed by atoms with Gasteiger partial charge in [0.2, 0.25) is 0 Å². The Morgan fingerprint density at radius 1 is 1.37 bits per heavy atom. The number of hydrogen-bond donors (Lipinski definition) is 0. The predicted octanol–water partition coefficient (Wildman–Crippen LogP) is 2.48. The lowest BCUT2D eigenvalue weighted by molar-refractivity contribution is -0.123. The quantitative estimate of drug-likeness (QED) is 0.796. The minimum atomic E-state index is -0.658. The number of carbonyl (C=O) groups is 3. The normalized spacial score (nSPS) is 15.6. The molecular weight excluding hydrogens is 266 g/mol. The van der Waals surface area contributed by atoms with Crippen LogP contribution in [0.3, 0.4) is 0 Å². The summed E-state index contributed by atoms with van der Waals surface area (Å²) in [5.74, 6) is -1.43. The zero-order chi connectivity index (χ0) is 14.2. The molecule has 0 bridgehead atoms. The van der Waals surface area contributed by atoms with Crippen molar-refractivity contribution >= 4 is 34.8 Å². The first-order valence-electron chi connectivity index (χ1n) is 6.14. The van der Waals surface area contributed by atoms with E-state index in [0.29, 0.717) is 22.7 Å². The van der Waals surface area contributed by atoms with Gasteiger partial charge in [0.05, 0.1) is 17.8 Å². The van der Waals surface area contributed by atoms with Crippen molar-refractivity contribution in [1.29, 1.82) is 0 Å². The van der Waals surface area contributed by atoms with Gasteiger partial charge in [-0.25, -0.2) is 0 Å². The molecule has 0 N–H and O–H groups in total. The van der Waals surface area contributed by atoms with E-state index in [1.54, 1.807) is 12.1 Å². The first kappa shape index (κ1) is 13.7. The molecule has 0 aliphatic carbocycles. The second kappa shape index (κ2) is 5.13. The van der Waals surface area contributed by atoms with Crippen molar-refractivity contribution in [3.05, 3.63) is 28.8 Å². The third kappa shape index (κ3) is 2.40. The van der Waals surface area contributed by atoms with Crippen molar-refractivity contribution in [3.63, 3.8) is 0 Å². The molecule has 19 heavy (non-hydrogen) atoms. The van der Waals surface area contributed by atoms with Crippen LogP contribution >= 0.6 is 11.6 Å². The molecule has 1 amide bonds. The number of anilines is 1. The summed E-state index contributed by atoms with van der Waals surface area (Å²) < 4.78 is 0. The Balaban J connectivity index is 2.33. The molecule has 1 heterocycles. The standard InChI is InChI=1S/C14H14ClNO3/c1-3-8(2)12(17)7-16-11-6-9(15)4-5-10(11)13(18)14(16)19/h4-6,8H,3,7H2,1-2H3. The molecule has 2 rings (SSSR count). The van der Waals surface area contributed by atoms with Crippen molar-refractivity contribution < 1.29 is 14.4 Å². The van der Waals surface area contributed by atoms with Gasteiger partial charge in [0.15, 0.2) is 5.78 Å². The molecule has 0 fully saturated rings. The molecule has 0 saturated heterocycles. The second-order valence-corrected chi connectivity index (χ2v) is 5.09. The van der Waals surface area contributed by atoms with Crippen molar-refractivity contribution in [1.82, 2.24) is 0 Å². The molecule has 0 spiro atoms. The van der Waals surface area contributed by atoms with Crippen LogP contribution in [0.5, 0.6) is 0 Å². The lowest BCUT2D eigenvalue weighted by atomic mass is 10.0. The average molecular weight is 280 g/mol. The highest BCUT2D eigenvalue weighted by Crippen LogP contribution is 2.31. The SMILES string of the molecule is CCC(C)C(=O)CN1C(=O)C(=O)c2ccc(Cl)cc21. The van der Waals surface area contributed by atoms with E-state index >= 15 is 0 Å². The van der Waals surface area contributed by atoms with Crippen LogP contribution in [0.2, 0.25) is 5.02 Å². The predicted molar refractivity (Wildman–Crippen MR) is 72.6 cm³/mol. The number of ketones is 2. The molecule has 1 aromatic rings. The van der Waals surface area contributed by atoms with Crippen LogP contribution in [-0.4, -0.2) is 24.0 Å². The summed E-state index contributed by atoms with van der Waals surface area (Å²) in [6, 6.07) is 4.63. The monoisotopic (exact) mass is 279 g/mol. The van der Waals surface area contributed by atoms with Crippen molar-refractivity contribution in [2.45, 2.75) is 20.3 Å². The fourth-order valence-corrected chi connectivity index (χ4v) is 2.13. The summed E-state index contributed by atoms with van der Waals surface area (Å²) in [6.07, 6.45) is 0.706. The lowest BCUT2D eigenvalue weighted by Gasteiger charge is -2.17. The molecule has 0 aromatic heterocycles. The van der Waals surface area contributed by atoms with Crippen LogP contribution in [0.15, 0.2) is 18.2 Å². The van der Waals surface area contributed by atoms with Gasteiger partial charge in [0, 0.05) is 10.9 Å². The Kier molecular flexibility index (Phi) is 3.71. The second-order valence-electron chi connectivity index (χ2n) is 4.66. The maximum Gasteiger partial charge on any atom is 0.299 e. The summed E-state index contributed by atoms with van der Waals surface area (Å²) in [6.45, 7) is 3.64. The zero-order valence-electron chi connectivity index (χ0n) is 10.8. The number of halogens is 1. The number of rotatable bonds is 4. The van der Waals surface area contributed by atoms with Crippen LogP contribution in [0.1, 0.15) is 30.6 Å². The van der Waals surface area contributed by atoms with Gasteiger partial charge in [-0.1, -0.05) is 25.4 Å². The van der Waals surface area contributed by atoms with Crippen LogP contribution in [0.25, 0.3) is 0 Å². The smallest absolute Gasteiger partial charge is 0.297 e. The number of fused-ring (bicyclic) bond motifs is 1. The maximum atomic E-state index is 11.9. The molecule has 1 aliphatic rings. The van der Waals surface area contributed by atoms with Crippen LogP contribution < -0.4 is 4.90 Å². The Labute approximate surface area is 116 Å². The molecule has 0 radical (unpaired) electrons. The van der Waals surface area contributed by atoms with E-state index in [0.717, 1.165) is 0 Å². The molecule has 5 heteroatoms. The molecule has 1 atom stereocenters. The van der Waals surface area contributed by atoms with Gasteiger partial charge in [-0.05, 0) is 24.6 Å². The molecule has 0 saturated carbocycles. The van der Waals surface area contributed by atoms with E-state index < -0.39 is 11.7 Å². The van der Waals surface area contributed by atoms with E-state index in [1.165, 1.54) is 11.0 Å². The van der Waals surface area contributed by atoms with Gasteiger partial charge in [-0.3, -0.25) is 19.3 Å². The van der Waals surface area contributed by atoms with Crippen molar-refractivity contribution in [2.75, 3.05) is 11.4 Å². The zero-order valence-corrected chi connectivity index (χ0v) is 11.5. The minimum absolute atomic E-state index is 0.0588. The average Bonchev–Trinajstić information content (AvgIpc) is 2.62. The van der Waals surface area contributed by atoms with Gasteiger partial charge >= 0.3 is 0 Å². The molecule has 1 unspecified atom stereocenters. The first-order chi connectivity index (χ1) is 8.95. The third-order valence-electron chi connectivity index (χ3n) is 3.41. The number of Topliss-reactive ketones (excluding diaryl/α,β-unsaturated/α-hetero) is 2. The fourth-order valence-electron chi connectivity index (χ4n) is 1.96. The molecule has 1 aromatic carbocycles. The third-order valence-corrected chi connectivity index (χ3v) is 3.65. The molecule has 1 aliphatic heterocycles. The molecule has 100 valence electrons. The van der Waals surface area contributed by atoms with Crippen LogP contribution in [0, 0.1) is 5.92 Å². The highest BCUT2D eigenvalue weighted by molar-refractivity contribution is 6.53. The number of nitrogens with zero attached hydrogens (tertiary/aromatic N) is 1. The van der Waals surface area contributed by atoms with Crippen molar-refractivity contribution in [3.8, 4) is 0 Å². The molecule has 4 nitrogen and oxygen atoms in total. The van der Waals surface area contributed by atoms with Gasteiger partial charge < -0.3 is 0 Å². The van der Waals surface area contributed by atoms with Crippen LogP contribution in [0.4, 0.5) is 5.69 Å². The largest absolute Gasteiger partial charge is 0.299 e. The summed E-state index contributed by atoms with van der Waals surface area (Å²) in [5, 5.41) is 0.433. The van der Waals surface area contributed by atoms with Gasteiger partial charge in [0.25, 0.3) is 11.7 Å². The van der Waals surface area contributed by atoms with Gasteiger partial charge in [0.1, 0.15) is 0 Å². The van der Waals surface area contributed by atoms with E-state index in [1.807, 2.05) is 13.8 Å². The molecular formula is C14H14ClNO3. The Bertz CT molecular complexity index is 568. The lowest BCUT2D eigenvalue weighted by Crippen LogP contribution is -2.36. The van der Waals surface area contributed by atoms with Crippen molar-refractivity contribution in [2.24, 2.45) is 5.92 Å². The fraction of sp³-hybridized carbons (Fsp3) is 0.357. The summed E-state index contributed by atoms with van der Waals surface area (Å²) in [4.78, 5) is 36.9. The summed E-state index contributed by atoms with van der Waals surface area (Å²) >= 11 is 5.88. The Hall–Kier alpha value is -1.68. The first-order valence-corrected chi connectivity index (χ1v) is 6.52. The topological polar surface area (TPSA) is 54.5 Å². The van der Waals surface area contributed by atoms with Gasteiger partial charge in [-0.15, -0.1) is 0 Å². The van der Waals surface area contributed by atoms with Crippen LogP contribution in [-0.2, 0) is 9.59 Å². The number of amides is 1. The highest BCUT2D eigenvalue weighted by Gasteiger charge is 2.37.